The lowest BCUT2D eigenvalue weighted by Crippen LogP contribution is -2.40. The summed E-state index contributed by atoms with van der Waals surface area (Å²) >= 11 is 0. The van der Waals surface area contributed by atoms with Gasteiger partial charge >= 0.3 is 5.97 Å². The summed E-state index contributed by atoms with van der Waals surface area (Å²) in [4.78, 5) is 25.1. The highest BCUT2D eigenvalue weighted by Crippen LogP contribution is 2.29. The van der Waals surface area contributed by atoms with Crippen molar-refractivity contribution in [3.8, 4) is 17.2 Å². The third kappa shape index (κ3) is 7.81. The van der Waals surface area contributed by atoms with Crippen LogP contribution in [0.3, 0.4) is 0 Å². The molecule has 9 nitrogen and oxygen atoms in total. The van der Waals surface area contributed by atoms with Gasteiger partial charge in [0.1, 0.15) is 29.7 Å². The number of rotatable bonds is 10. The van der Waals surface area contributed by atoms with E-state index in [1.54, 1.807) is 73.7 Å². The van der Waals surface area contributed by atoms with Crippen LogP contribution in [-0.4, -0.2) is 36.4 Å². The van der Waals surface area contributed by atoms with E-state index < -0.39 is 0 Å². The molecule has 1 aliphatic rings. The molecule has 0 radical (unpaired) electrons. The number of carbonyl (C=O) groups is 2. The molecule has 1 saturated carbocycles. The number of nitrogens with two attached hydrogens (primary N) is 2. The van der Waals surface area contributed by atoms with Crippen molar-refractivity contribution in [3.63, 3.8) is 0 Å². The van der Waals surface area contributed by atoms with Gasteiger partial charge in [-0.05, 0) is 86.7 Å². The van der Waals surface area contributed by atoms with Crippen LogP contribution in [0.2, 0.25) is 0 Å². The maximum absolute atomic E-state index is 13.2. The SMILES string of the molecule is CCOC(=O)c1ccc(COc2cc(Oc3ccc(C(=N)N)cc3)cc(C(=O)NC3CCC(N)CC3)c2)cc1. The number of nitrogens with one attached hydrogen (secondary N) is 2. The molecule has 0 saturated heterocycles. The fourth-order valence-electron chi connectivity index (χ4n) is 4.33. The lowest BCUT2D eigenvalue weighted by Gasteiger charge is -2.26. The molecule has 204 valence electrons. The van der Waals surface area contributed by atoms with Gasteiger partial charge in [0.2, 0.25) is 0 Å². The van der Waals surface area contributed by atoms with Gasteiger partial charge in [-0.25, -0.2) is 4.79 Å². The lowest BCUT2D eigenvalue weighted by atomic mass is 9.91. The summed E-state index contributed by atoms with van der Waals surface area (Å²) in [6.45, 7) is 2.30. The highest BCUT2D eigenvalue weighted by molar-refractivity contribution is 5.95. The monoisotopic (exact) mass is 530 g/mol. The van der Waals surface area contributed by atoms with Crippen molar-refractivity contribution in [1.82, 2.24) is 5.32 Å². The molecule has 3 aromatic carbocycles. The Morgan fingerprint density at radius 2 is 1.51 bits per heavy atom. The van der Waals surface area contributed by atoms with Crippen molar-refractivity contribution in [1.29, 1.82) is 5.41 Å². The van der Waals surface area contributed by atoms with E-state index in [4.69, 9.17) is 31.1 Å². The molecule has 6 N–H and O–H groups in total. The van der Waals surface area contributed by atoms with Crippen LogP contribution in [0.4, 0.5) is 0 Å². The normalized spacial score (nSPS) is 16.7. The van der Waals surface area contributed by atoms with E-state index in [9.17, 15) is 9.59 Å². The van der Waals surface area contributed by atoms with Crippen LogP contribution in [0.5, 0.6) is 17.2 Å². The van der Waals surface area contributed by atoms with Crippen LogP contribution < -0.4 is 26.3 Å². The number of hydrogen-bond acceptors (Lipinski definition) is 7. The first-order chi connectivity index (χ1) is 18.8. The second-order valence-corrected chi connectivity index (χ2v) is 9.52. The van der Waals surface area contributed by atoms with Crippen molar-refractivity contribution in [2.24, 2.45) is 11.5 Å². The van der Waals surface area contributed by atoms with Gasteiger partial charge in [-0.2, -0.15) is 0 Å². The smallest absolute Gasteiger partial charge is 0.338 e. The summed E-state index contributed by atoms with van der Waals surface area (Å²) in [6, 6.07) is 19.1. The molecule has 1 aliphatic carbocycles. The van der Waals surface area contributed by atoms with E-state index in [0.717, 1.165) is 31.2 Å². The predicted octanol–water partition coefficient (Wildman–Crippen LogP) is 4.52. The van der Waals surface area contributed by atoms with Crippen LogP contribution in [0.25, 0.3) is 0 Å². The van der Waals surface area contributed by atoms with Crippen LogP contribution in [0, 0.1) is 5.41 Å². The van der Waals surface area contributed by atoms with Gasteiger partial charge in [-0.15, -0.1) is 0 Å². The molecule has 3 aromatic rings. The lowest BCUT2D eigenvalue weighted by molar-refractivity contribution is 0.0526. The number of nitrogen functional groups attached to an aromatic ring is 1. The van der Waals surface area contributed by atoms with Crippen molar-refractivity contribution >= 4 is 17.7 Å². The average Bonchev–Trinajstić information content (AvgIpc) is 2.94. The number of carbonyl (C=O) groups excluding carboxylic acids is 2. The Hall–Kier alpha value is -4.37. The number of hydrogen-bond donors (Lipinski definition) is 4. The Morgan fingerprint density at radius 1 is 0.872 bits per heavy atom. The third-order valence-corrected chi connectivity index (χ3v) is 6.52. The Bertz CT molecular complexity index is 1300. The van der Waals surface area contributed by atoms with E-state index in [2.05, 4.69) is 5.32 Å². The van der Waals surface area contributed by atoms with Gasteiger partial charge < -0.3 is 31.0 Å². The molecular formula is C30H34N4O5. The Labute approximate surface area is 227 Å². The molecule has 0 atom stereocenters. The predicted molar refractivity (Wildman–Crippen MR) is 148 cm³/mol. The van der Waals surface area contributed by atoms with Gasteiger partial charge in [0.25, 0.3) is 5.91 Å². The molecule has 1 amide bonds. The minimum absolute atomic E-state index is 0.0325. The van der Waals surface area contributed by atoms with Crippen LogP contribution in [0.1, 0.15) is 64.4 Å². The highest BCUT2D eigenvalue weighted by Gasteiger charge is 2.21. The molecule has 39 heavy (non-hydrogen) atoms. The zero-order valence-electron chi connectivity index (χ0n) is 21.9. The minimum Gasteiger partial charge on any atom is -0.489 e. The van der Waals surface area contributed by atoms with Gasteiger partial charge in [-0.1, -0.05) is 12.1 Å². The molecule has 0 bridgehead atoms. The highest BCUT2D eigenvalue weighted by atomic mass is 16.5. The first-order valence-electron chi connectivity index (χ1n) is 13.0. The fourth-order valence-corrected chi connectivity index (χ4v) is 4.33. The van der Waals surface area contributed by atoms with Crippen molar-refractivity contribution in [3.05, 3.63) is 89.0 Å². The Kier molecular flexibility index (Phi) is 9.17. The van der Waals surface area contributed by atoms with E-state index in [1.807, 2.05) is 0 Å². The number of ether oxygens (including phenoxy) is 3. The van der Waals surface area contributed by atoms with E-state index in [1.165, 1.54) is 0 Å². The summed E-state index contributed by atoms with van der Waals surface area (Å²) in [6.07, 6.45) is 3.45. The maximum Gasteiger partial charge on any atom is 0.338 e. The minimum atomic E-state index is -0.373. The summed E-state index contributed by atoms with van der Waals surface area (Å²) in [7, 11) is 0. The first-order valence-corrected chi connectivity index (χ1v) is 13.0. The van der Waals surface area contributed by atoms with Crippen molar-refractivity contribution in [2.45, 2.75) is 51.3 Å². The second-order valence-electron chi connectivity index (χ2n) is 9.52. The zero-order valence-corrected chi connectivity index (χ0v) is 21.9. The van der Waals surface area contributed by atoms with Crippen LogP contribution in [0.15, 0.2) is 66.7 Å². The van der Waals surface area contributed by atoms with Crippen LogP contribution >= 0.6 is 0 Å². The summed E-state index contributed by atoms with van der Waals surface area (Å²) in [5.41, 5.74) is 13.9. The van der Waals surface area contributed by atoms with Gasteiger partial charge in [-0.3, -0.25) is 10.2 Å². The summed E-state index contributed by atoms with van der Waals surface area (Å²) in [5.74, 6) is 0.794. The quantitative estimate of drug-likeness (QED) is 0.171. The maximum atomic E-state index is 13.2. The number of esters is 1. The number of amidine groups is 1. The van der Waals surface area contributed by atoms with Gasteiger partial charge in [0.05, 0.1) is 12.2 Å². The molecule has 0 aromatic heterocycles. The molecule has 1 fully saturated rings. The van der Waals surface area contributed by atoms with Crippen molar-refractivity contribution < 1.29 is 23.8 Å². The Morgan fingerprint density at radius 3 is 2.15 bits per heavy atom. The van der Waals surface area contributed by atoms with Gasteiger partial charge in [0.15, 0.2) is 0 Å². The topological polar surface area (TPSA) is 150 Å². The zero-order chi connectivity index (χ0) is 27.8. The molecule has 0 aliphatic heterocycles. The van der Waals surface area contributed by atoms with E-state index in [-0.39, 0.29) is 36.4 Å². The standard InChI is InChI=1S/C30H34N4O5/c1-2-37-30(36)21-5-3-19(4-6-21)18-38-26-15-22(29(35)34-24-11-9-23(31)10-12-24)16-27(17-26)39-25-13-7-20(8-14-25)28(32)33/h3-8,13-17,23-24H,2,9-12,18,31H2,1H3,(H3,32,33)(H,34,35). The molecular weight excluding hydrogens is 496 g/mol. The summed E-state index contributed by atoms with van der Waals surface area (Å²) < 4.78 is 17.1. The molecule has 9 heteroatoms. The molecule has 0 unspecified atom stereocenters. The second kappa shape index (κ2) is 12.9. The van der Waals surface area contributed by atoms with Gasteiger partial charge in [0, 0.05) is 29.3 Å². The van der Waals surface area contributed by atoms with E-state index in [0.29, 0.717) is 40.5 Å². The molecule has 0 heterocycles. The molecule has 0 spiro atoms. The average molecular weight is 531 g/mol. The molecule has 4 rings (SSSR count). The summed E-state index contributed by atoms with van der Waals surface area (Å²) in [5, 5.41) is 10.7. The number of amides is 1. The van der Waals surface area contributed by atoms with E-state index >= 15 is 0 Å². The third-order valence-electron chi connectivity index (χ3n) is 6.52. The van der Waals surface area contributed by atoms with Crippen LogP contribution in [-0.2, 0) is 11.3 Å². The fraction of sp³-hybridized carbons (Fsp3) is 0.300. The largest absolute Gasteiger partial charge is 0.489 e. The first kappa shape index (κ1) is 27.7. The number of benzene rings is 3. The van der Waals surface area contributed by atoms with Crippen molar-refractivity contribution in [2.75, 3.05) is 6.61 Å². The Balaban J connectivity index is 1.51.